The van der Waals surface area contributed by atoms with Crippen LogP contribution < -0.4 is 5.32 Å². The van der Waals surface area contributed by atoms with Gasteiger partial charge in [0.2, 0.25) is 0 Å². The molecule has 0 bridgehead atoms. The van der Waals surface area contributed by atoms with Gasteiger partial charge in [0.15, 0.2) is 0 Å². The van der Waals surface area contributed by atoms with Crippen molar-refractivity contribution in [1.29, 1.82) is 0 Å². The van der Waals surface area contributed by atoms with Gasteiger partial charge in [0.25, 0.3) is 0 Å². The summed E-state index contributed by atoms with van der Waals surface area (Å²) in [6.07, 6.45) is 3.91. The molecular weight excluding hydrogens is 220 g/mol. The fraction of sp³-hybridized carbons (Fsp3) is 0.625. The molecule has 0 aliphatic carbocycles. The van der Waals surface area contributed by atoms with Gasteiger partial charge in [0.1, 0.15) is 0 Å². The van der Waals surface area contributed by atoms with Gasteiger partial charge >= 0.3 is 0 Å². The van der Waals surface area contributed by atoms with Crippen molar-refractivity contribution in [2.24, 2.45) is 5.41 Å². The first-order valence-corrected chi connectivity index (χ1v) is 7.20. The molecule has 0 aromatic heterocycles. The van der Waals surface area contributed by atoms with E-state index in [1.54, 1.807) is 0 Å². The van der Waals surface area contributed by atoms with Gasteiger partial charge in [-0.2, -0.15) is 0 Å². The lowest BCUT2D eigenvalue weighted by Crippen LogP contribution is -2.39. The summed E-state index contributed by atoms with van der Waals surface area (Å²) in [5, 5.41) is 3.43. The van der Waals surface area contributed by atoms with Gasteiger partial charge in [-0.05, 0) is 48.4 Å². The summed E-state index contributed by atoms with van der Waals surface area (Å²) in [5.41, 5.74) is 4.83. The number of likely N-dealkylation sites (tertiary alicyclic amines) is 1. The van der Waals surface area contributed by atoms with Crippen molar-refractivity contribution in [2.45, 2.75) is 39.7 Å². The fourth-order valence-corrected chi connectivity index (χ4v) is 3.39. The molecule has 2 heterocycles. The molecule has 1 aromatic rings. The molecule has 2 aliphatic heterocycles. The van der Waals surface area contributed by atoms with Crippen LogP contribution in [-0.4, -0.2) is 24.5 Å². The highest BCUT2D eigenvalue weighted by Crippen LogP contribution is 2.30. The molecule has 2 aliphatic rings. The Morgan fingerprint density at radius 3 is 3.06 bits per heavy atom. The summed E-state index contributed by atoms with van der Waals surface area (Å²) >= 11 is 0. The number of benzene rings is 1. The van der Waals surface area contributed by atoms with Crippen LogP contribution in [0.3, 0.4) is 0 Å². The predicted molar refractivity (Wildman–Crippen MR) is 76.9 cm³/mol. The number of nitrogens with zero attached hydrogens (tertiary/aromatic N) is 1. The molecule has 18 heavy (non-hydrogen) atoms. The smallest absolute Gasteiger partial charge is 0.0373 e. The van der Waals surface area contributed by atoms with Gasteiger partial charge in [-0.1, -0.05) is 26.0 Å². The molecular formula is C16H24N2. The number of fused-ring (bicyclic) bond motifs is 1. The summed E-state index contributed by atoms with van der Waals surface area (Å²) in [4.78, 5) is 2.62. The van der Waals surface area contributed by atoms with Gasteiger partial charge in [-0.25, -0.2) is 0 Å². The Balaban J connectivity index is 1.69. The highest BCUT2D eigenvalue weighted by atomic mass is 15.1. The van der Waals surface area contributed by atoms with Crippen molar-refractivity contribution in [3.05, 3.63) is 29.3 Å². The van der Waals surface area contributed by atoms with E-state index in [0.717, 1.165) is 13.1 Å². The van der Waals surface area contributed by atoms with Crippen LogP contribution in [-0.2, 0) is 13.0 Å². The second-order valence-electron chi connectivity index (χ2n) is 6.65. The van der Waals surface area contributed by atoms with Crippen LogP contribution in [0.25, 0.3) is 0 Å². The number of piperidine rings is 1. The van der Waals surface area contributed by atoms with Crippen LogP contribution in [0, 0.1) is 5.41 Å². The van der Waals surface area contributed by atoms with Gasteiger partial charge in [-0.15, -0.1) is 0 Å². The van der Waals surface area contributed by atoms with Crippen LogP contribution in [0.15, 0.2) is 18.2 Å². The summed E-state index contributed by atoms with van der Waals surface area (Å²) in [7, 11) is 0. The molecule has 1 saturated heterocycles. The zero-order chi connectivity index (χ0) is 12.6. The Morgan fingerprint density at radius 2 is 2.22 bits per heavy atom. The highest BCUT2D eigenvalue weighted by molar-refractivity contribution is 5.56. The molecule has 1 aromatic carbocycles. The molecule has 0 saturated carbocycles. The first-order valence-electron chi connectivity index (χ1n) is 7.20. The average molecular weight is 244 g/mol. The second kappa shape index (κ2) is 4.58. The lowest BCUT2D eigenvalue weighted by atomic mass is 9.84. The molecule has 1 N–H and O–H groups in total. The lowest BCUT2D eigenvalue weighted by molar-refractivity contribution is 0.111. The van der Waals surface area contributed by atoms with E-state index in [4.69, 9.17) is 0 Å². The van der Waals surface area contributed by atoms with Crippen LogP contribution in [0.2, 0.25) is 0 Å². The van der Waals surface area contributed by atoms with Gasteiger partial charge in [0, 0.05) is 25.3 Å². The van der Waals surface area contributed by atoms with Crippen molar-refractivity contribution >= 4 is 5.69 Å². The minimum atomic E-state index is 0.497. The molecule has 0 radical (unpaired) electrons. The maximum absolute atomic E-state index is 3.43. The minimum absolute atomic E-state index is 0.497. The number of hydrogen-bond donors (Lipinski definition) is 1. The van der Waals surface area contributed by atoms with E-state index in [1.807, 2.05) is 0 Å². The van der Waals surface area contributed by atoms with Crippen LogP contribution in [0.5, 0.6) is 0 Å². The Kier molecular flexibility index (Phi) is 3.06. The zero-order valence-electron chi connectivity index (χ0n) is 11.6. The summed E-state index contributed by atoms with van der Waals surface area (Å²) in [6.45, 7) is 9.52. The first-order chi connectivity index (χ1) is 8.62. The SMILES string of the molecule is CC1(C)CCCN(Cc2ccc3c(c2)CCN3)C1. The third-order valence-electron chi connectivity index (χ3n) is 4.27. The standard InChI is InChI=1S/C16H24N2/c1-16(2)7-3-9-18(12-16)11-13-4-5-15-14(10-13)6-8-17-15/h4-5,10,17H,3,6-9,11-12H2,1-2H3. The average Bonchev–Trinajstić information content (AvgIpc) is 2.74. The Hall–Kier alpha value is -1.02. The predicted octanol–water partition coefficient (Wildman–Crippen LogP) is 3.28. The van der Waals surface area contributed by atoms with E-state index < -0.39 is 0 Å². The van der Waals surface area contributed by atoms with E-state index in [2.05, 4.69) is 42.3 Å². The van der Waals surface area contributed by atoms with Crippen LogP contribution >= 0.6 is 0 Å². The molecule has 2 heteroatoms. The Morgan fingerprint density at radius 1 is 1.33 bits per heavy atom. The van der Waals surface area contributed by atoms with Gasteiger partial charge in [-0.3, -0.25) is 4.90 Å². The quantitative estimate of drug-likeness (QED) is 0.859. The van der Waals surface area contributed by atoms with Crippen LogP contribution in [0.4, 0.5) is 5.69 Å². The number of rotatable bonds is 2. The maximum atomic E-state index is 3.43. The van der Waals surface area contributed by atoms with E-state index in [-0.39, 0.29) is 0 Å². The molecule has 0 spiro atoms. The zero-order valence-corrected chi connectivity index (χ0v) is 11.6. The van der Waals surface area contributed by atoms with Gasteiger partial charge < -0.3 is 5.32 Å². The third-order valence-corrected chi connectivity index (χ3v) is 4.27. The van der Waals surface area contributed by atoms with E-state index in [9.17, 15) is 0 Å². The number of nitrogens with one attached hydrogen (secondary N) is 1. The third kappa shape index (κ3) is 2.54. The minimum Gasteiger partial charge on any atom is -0.384 e. The summed E-state index contributed by atoms with van der Waals surface area (Å²) < 4.78 is 0. The number of hydrogen-bond acceptors (Lipinski definition) is 2. The van der Waals surface area contributed by atoms with Crippen LogP contribution in [0.1, 0.15) is 37.8 Å². The van der Waals surface area contributed by atoms with Crippen molar-refractivity contribution in [3.8, 4) is 0 Å². The molecule has 0 unspecified atom stereocenters. The van der Waals surface area contributed by atoms with E-state index in [1.165, 1.54) is 49.2 Å². The topological polar surface area (TPSA) is 15.3 Å². The second-order valence-corrected chi connectivity index (χ2v) is 6.65. The molecule has 98 valence electrons. The summed E-state index contributed by atoms with van der Waals surface area (Å²) in [5.74, 6) is 0. The molecule has 0 atom stereocenters. The van der Waals surface area contributed by atoms with Crippen molar-refractivity contribution < 1.29 is 0 Å². The van der Waals surface area contributed by atoms with E-state index in [0.29, 0.717) is 5.41 Å². The Labute approximate surface area is 110 Å². The maximum Gasteiger partial charge on any atom is 0.0373 e. The van der Waals surface area contributed by atoms with Gasteiger partial charge in [0.05, 0.1) is 0 Å². The van der Waals surface area contributed by atoms with Crippen molar-refractivity contribution in [3.63, 3.8) is 0 Å². The Bertz CT molecular complexity index is 437. The van der Waals surface area contributed by atoms with Crippen molar-refractivity contribution in [2.75, 3.05) is 25.0 Å². The lowest BCUT2D eigenvalue weighted by Gasteiger charge is -2.38. The molecule has 3 rings (SSSR count). The van der Waals surface area contributed by atoms with E-state index >= 15 is 0 Å². The largest absolute Gasteiger partial charge is 0.384 e. The summed E-state index contributed by atoms with van der Waals surface area (Å²) in [6, 6.07) is 6.95. The molecule has 2 nitrogen and oxygen atoms in total. The van der Waals surface area contributed by atoms with Crippen molar-refractivity contribution in [1.82, 2.24) is 4.90 Å². The molecule has 0 amide bonds. The molecule has 1 fully saturated rings. The monoisotopic (exact) mass is 244 g/mol. The first kappa shape index (κ1) is 12.0. The number of anilines is 1. The highest BCUT2D eigenvalue weighted by Gasteiger charge is 2.26. The fourth-order valence-electron chi connectivity index (χ4n) is 3.39. The normalized spacial score (nSPS) is 22.6.